The van der Waals surface area contributed by atoms with E-state index in [1.807, 2.05) is 53.2 Å². The molecule has 0 fully saturated rings. The van der Waals surface area contributed by atoms with Crippen LogP contribution in [0.1, 0.15) is 0 Å². The first-order chi connectivity index (χ1) is 10.4. The predicted molar refractivity (Wildman–Crippen MR) is 86.0 cm³/mol. The molecule has 0 atom stereocenters. The van der Waals surface area contributed by atoms with E-state index < -0.39 is 0 Å². The van der Waals surface area contributed by atoms with E-state index in [9.17, 15) is 0 Å². The number of imidazole rings is 1. The summed E-state index contributed by atoms with van der Waals surface area (Å²) >= 11 is 1.68. The van der Waals surface area contributed by atoms with E-state index in [0.29, 0.717) is 0 Å². The topological polar surface area (TPSA) is 42.2 Å². The molecule has 102 valence electrons. The van der Waals surface area contributed by atoms with Gasteiger partial charge in [0.25, 0.3) is 0 Å². The Morgan fingerprint density at radius 1 is 1.05 bits per heavy atom. The fourth-order valence-corrected chi connectivity index (χ4v) is 2.90. The minimum atomic E-state index is 0.761. The van der Waals surface area contributed by atoms with Crippen molar-refractivity contribution in [3.05, 3.63) is 66.4 Å². The van der Waals surface area contributed by atoms with Gasteiger partial charge in [-0.15, -0.1) is 11.3 Å². The zero-order valence-electron chi connectivity index (χ0n) is 11.1. The van der Waals surface area contributed by atoms with Gasteiger partial charge in [-0.25, -0.2) is 9.97 Å². The minimum Gasteiger partial charge on any atom is -0.337 e. The van der Waals surface area contributed by atoms with Gasteiger partial charge in [0, 0.05) is 24.3 Å². The van der Waals surface area contributed by atoms with Gasteiger partial charge in [-0.2, -0.15) is 0 Å². The molecule has 4 aromatic rings. The van der Waals surface area contributed by atoms with Crippen LogP contribution in [-0.2, 0) is 0 Å². The molecule has 3 heterocycles. The van der Waals surface area contributed by atoms with Crippen molar-refractivity contribution in [3.63, 3.8) is 0 Å². The van der Waals surface area contributed by atoms with Crippen LogP contribution in [0.4, 0.5) is 11.5 Å². The van der Waals surface area contributed by atoms with Gasteiger partial charge >= 0.3 is 0 Å². The molecule has 0 amide bonds. The van der Waals surface area contributed by atoms with Crippen molar-refractivity contribution in [1.82, 2.24) is 14.4 Å². The van der Waals surface area contributed by atoms with Crippen LogP contribution < -0.4 is 5.32 Å². The summed E-state index contributed by atoms with van der Waals surface area (Å²) in [6.45, 7) is 0. The average molecular weight is 292 g/mol. The summed E-state index contributed by atoms with van der Waals surface area (Å²) in [7, 11) is 0. The molecule has 4 nitrogen and oxygen atoms in total. The summed E-state index contributed by atoms with van der Waals surface area (Å²) in [5.41, 5.74) is 2.76. The summed E-state index contributed by atoms with van der Waals surface area (Å²) in [5, 5.41) is 5.40. The van der Waals surface area contributed by atoms with Gasteiger partial charge in [0.1, 0.15) is 0 Å². The quantitative estimate of drug-likeness (QED) is 0.615. The van der Waals surface area contributed by atoms with Gasteiger partial charge in [0.05, 0.1) is 10.6 Å². The third-order valence-electron chi connectivity index (χ3n) is 3.18. The van der Waals surface area contributed by atoms with Crippen LogP contribution in [0.2, 0.25) is 0 Å². The zero-order valence-corrected chi connectivity index (χ0v) is 11.9. The molecule has 0 saturated carbocycles. The second-order valence-electron chi connectivity index (χ2n) is 4.60. The number of rotatable bonds is 3. The van der Waals surface area contributed by atoms with Crippen LogP contribution in [0.25, 0.3) is 16.2 Å². The molecule has 0 unspecified atom stereocenters. The number of fused-ring (bicyclic) bond motifs is 1. The lowest BCUT2D eigenvalue weighted by atomic mass is 10.3. The second-order valence-corrected chi connectivity index (χ2v) is 5.55. The molecule has 0 aliphatic rings. The maximum absolute atomic E-state index is 4.73. The van der Waals surface area contributed by atoms with Crippen molar-refractivity contribution in [3.8, 4) is 10.6 Å². The Labute approximate surface area is 125 Å². The third-order valence-corrected chi connectivity index (χ3v) is 4.08. The zero-order chi connectivity index (χ0) is 14.1. The van der Waals surface area contributed by atoms with E-state index in [1.165, 1.54) is 0 Å². The predicted octanol–water partition coefficient (Wildman–Crippen LogP) is 4.20. The third kappa shape index (κ3) is 2.28. The first-order valence-corrected chi connectivity index (χ1v) is 7.48. The van der Waals surface area contributed by atoms with Crippen LogP contribution in [0.15, 0.2) is 66.4 Å². The Morgan fingerprint density at radius 2 is 1.95 bits per heavy atom. The summed E-state index contributed by atoms with van der Waals surface area (Å²) in [4.78, 5) is 10.2. The molecular formula is C16H12N4S. The summed E-state index contributed by atoms with van der Waals surface area (Å²) in [6.07, 6.45) is 5.72. The maximum Gasteiger partial charge on any atom is 0.180 e. The Hall–Kier alpha value is -2.66. The number of hydrogen-bond donors (Lipinski definition) is 1. The molecule has 0 aliphatic carbocycles. The lowest BCUT2D eigenvalue weighted by Crippen LogP contribution is -1.99. The molecular weight excluding hydrogens is 280 g/mol. The summed E-state index contributed by atoms with van der Waals surface area (Å²) < 4.78 is 1.99. The van der Waals surface area contributed by atoms with E-state index in [4.69, 9.17) is 4.98 Å². The fraction of sp³-hybridized carbons (Fsp3) is 0. The number of aromatic nitrogens is 3. The first kappa shape index (κ1) is 12.1. The fourth-order valence-electron chi connectivity index (χ4n) is 2.22. The Bertz CT molecular complexity index is 866. The molecule has 5 heteroatoms. The van der Waals surface area contributed by atoms with Crippen LogP contribution >= 0.6 is 11.3 Å². The number of nitrogens with zero attached hydrogens (tertiary/aromatic N) is 3. The standard InChI is InChI=1S/C16H12N4S/c1-2-5-12(6-3-1)18-15-16-17-8-9-20(16)11-13(19-15)14-7-4-10-21-14/h1-11H,(H,18,19). The number of anilines is 2. The molecule has 21 heavy (non-hydrogen) atoms. The van der Waals surface area contributed by atoms with Gasteiger partial charge in [-0.1, -0.05) is 24.3 Å². The molecule has 0 bridgehead atoms. The SMILES string of the molecule is c1ccc(Nc2nc(-c3cccs3)cn3ccnc23)cc1. The lowest BCUT2D eigenvalue weighted by molar-refractivity contribution is 1.14. The van der Waals surface area contributed by atoms with E-state index in [1.54, 1.807) is 17.5 Å². The van der Waals surface area contributed by atoms with E-state index in [2.05, 4.69) is 21.7 Å². The van der Waals surface area contributed by atoms with Crippen molar-refractivity contribution < 1.29 is 0 Å². The Balaban J connectivity index is 1.85. The van der Waals surface area contributed by atoms with Crippen molar-refractivity contribution in [2.24, 2.45) is 0 Å². The summed E-state index contributed by atoms with van der Waals surface area (Å²) in [6, 6.07) is 14.1. The number of thiophene rings is 1. The Kier molecular flexibility index (Phi) is 2.90. The van der Waals surface area contributed by atoms with Crippen LogP contribution in [-0.4, -0.2) is 14.4 Å². The largest absolute Gasteiger partial charge is 0.337 e. The van der Waals surface area contributed by atoms with Gasteiger partial charge in [-0.05, 0) is 23.6 Å². The first-order valence-electron chi connectivity index (χ1n) is 6.60. The molecule has 4 rings (SSSR count). The highest BCUT2D eigenvalue weighted by molar-refractivity contribution is 7.13. The minimum absolute atomic E-state index is 0.761. The summed E-state index contributed by atoms with van der Waals surface area (Å²) in [5.74, 6) is 0.761. The van der Waals surface area contributed by atoms with Gasteiger partial charge < -0.3 is 9.72 Å². The molecule has 0 spiro atoms. The lowest BCUT2D eigenvalue weighted by Gasteiger charge is -2.09. The second kappa shape index (κ2) is 5.03. The van der Waals surface area contributed by atoms with Gasteiger partial charge in [-0.3, -0.25) is 0 Å². The molecule has 0 radical (unpaired) electrons. The van der Waals surface area contributed by atoms with Crippen LogP contribution in [0, 0.1) is 0 Å². The Morgan fingerprint density at radius 3 is 2.76 bits per heavy atom. The highest BCUT2D eigenvalue weighted by atomic mass is 32.1. The van der Waals surface area contributed by atoms with Crippen molar-refractivity contribution in [2.45, 2.75) is 0 Å². The van der Waals surface area contributed by atoms with E-state index >= 15 is 0 Å². The van der Waals surface area contributed by atoms with Crippen LogP contribution in [0.3, 0.4) is 0 Å². The number of para-hydroxylation sites is 1. The number of benzene rings is 1. The maximum atomic E-state index is 4.73. The van der Waals surface area contributed by atoms with Crippen molar-refractivity contribution >= 4 is 28.5 Å². The molecule has 1 aromatic carbocycles. The van der Waals surface area contributed by atoms with E-state index in [-0.39, 0.29) is 0 Å². The molecule has 1 N–H and O–H groups in total. The van der Waals surface area contributed by atoms with Crippen LogP contribution in [0.5, 0.6) is 0 Å². The number of nitrogens with one attached hydrogen (secondary N) is 1. The monoisotopic (exact) mass is 292 g/mol. The van der Waals surface area contributed by atoms with Gasteiger partial charge in [0.2, 0.25) is 0 Å². The smallest absolute Gasteiger partial charge is 0.180 e. The highest BCUT2D eigenvalue weighted by Gasteiger charge is 2.09. The normalized spacial score (nSPS) is 10.9. The highest BCUT2D eigenvalue weighted by Crippen LogP contribution is 2.27. The average Bonchev–Trinajstić information content (AvgIpc) is 3.19. The van der Waals surface area contributed by atoms with Crippen molar-refractivity contribution in [2.75, 3.05) is 5.32 Å². The molecule has 0 aliphatic heterocycles. The van der Waals surface area contributed by atoms with Gasteiger partial charge in [0.15, 0.2) is 11.5 Å². The van der Waals surface area contributed by atoms with E-state index in [0.717, 1.165) is 27.7 Å². The molecule has 3 aromatic heterocycles. The van der Waals surface area contributed by atoms with Crippen molar-refractivity contribution in [1.29, 1.82) is 0 Å². The molecule has 0 saturated heterocycles. The number of hydrogen-bond acceptors (Lipinski definition) is 4.